The predicted octanol–water partition coefficient (Wildman–Crippen LogP) is 2.82. The lowest BCUT2D eigenvalue weighted by molar-refractivity contribution is 0.242. The van der Waals surface area contributed by atoms with E-state index in [1.54, 1.807) is 4.68 Å². The summed E-state index contributed by atoms with van der Waals surface area (Å²) < 4.78 is 7.39. The molecule has 0 bridgehead atoms. The largest absolute Gasteiger partial charge is 0.491 e. The minimum Gasteiger partial charge on any atom is -0.491 e. The molecule has 2 rings (SSSR count). The third-order valence-electron chi connectivity index (χ3n) is 2.47. The summed E-state index contributed by atoms with van der Waals surface area (Å²) in [6.45, 7) is 4.77. The highest BCUT2D eigenvalue weighted by Crippen LogP contribution is 2.17. The van der Waals surface area contributed by atoms with Crippen molar-refractivity contribution in [3.8, 4) is 5.75 Å². The molecule has 0 aliphatic heterocycles. The number of ether oxygens (including phenoxy) is 1. The molecule has 0 spiro atoms. The van der Waals surface area contributed by atoms with Gasteiger partial charge >= 0.3 is 0 Å². The van der Waals surface area contributed by atoms with Crippen LogP contribution in [-0.4, -0.2) is 15.9 Å². The van der Waals surface area contributed by atoms with Gasteiger partial charge in [-0.2, -0.15) is 5.10 Å². The molecule has 0 unspecified atom stereocenters. The number of rotatable bonds is 5. The Labute approximate surface area is 108 Å². The molecule has 4 heteroatoms. The van der Waals surface area contributed by atoms with E-state index in [9.17, 15) is 0 Å². The minimum absolute atomic E-state index is 0.206. The van der Waals surface area contributed by atoms with Crippen LogP contribution >= 0.6 is 0 Å². The lowest BCUT2D eigenvalue weighted by Gasteiger charge is -2.10. The van der Waals surface area contributed by atoms with Gasteiger partial charge in [0.1, 0.15) is 5.75 Å². The molecule has 0 radical (unpaired) electrons. The molecule has 1 aromatic carbocycles. The lowest BCUT2D eigenvalue weighted by atomic mass is 10.3. The quantitative estimate of drug-likeness (QED) is 0.880. The highest BCUT2D eigenvalue weighted by atomic mass is 16.5. The third kappa shape index (κ3) is 3.52. The van der Waals surface area contributed by atoms with Crippen LogP contribution in [0.15, 0.2) is 36.5 Å². The first-order valence-electron chi connectivity index (χ1n) is 6.12. The number of nitrogens with zero attached hydrogens (tertiary/aromatic N) is 2. The number of nitrogens with one attached hydrogen (secondary N) is 1. The maximum atomic E-state index is 5.59. The van der Waals surface area contributed by atoms with E-state index in [1.807, 2.05) is 57.4 Å². The molecular weight excluding hydrogens is 226 g/mol. The van der Waals surface area contributed by atoms with Gasteiger partial charge in [0.05, 0.1) is 18.3 Å². The second kappa shape index (κ2) is 5.58. The van der Waals surface area contributed by atoms with Gasteiger partial charge in [-0.25, -0.2) is 0 Å². The fourth-order valence-electron chi connectivity index (χ4n) is 1.67. The lowest BCUT2D eigenvalue weighted by Crippen LogP contribution is -2.05. The standard InChI is InChI=1S/C14H19N3O/c1-11(2)18-14-6-4-12(5-7-14)15-10-13-8-9-17(3)16-13/h4-9,11,15H,10H2,1-3H3. The van der Waals surface area contributed by atoms with Crippen LogP contribution in [-0.2, 0) is 13.6 Å². The van der Waals surface area contributed by atoms with Crippen molar-refractivity contribution in [2.45, 2.75) is 26.5 Å². The van der Waals surface area contributed by atoms with Gasteiger partial charge in [-0.3, -0.25) is 4.68 Å². The molecule has 0 atom stereocenters. The molecule has 0 saturated carbocycles. The van der Waals surface area contributed by atoms with Crippen molar-refractivity contribution in [2.75, 3.05) is 5.32 Å². The van der Waals surface area contributed by atoms with E-state index in [1.165, 1.54) is 0 Å². The van der Waals surface area contributed by atoms with Crippen molar-refractivity contribution in [1.82, 2.24) is 9.78 Å². The summed E-state index contributed by atoms with van der Waals surface area (Å²) in [7, 11) is 1.92. The average molecular weight is 245 g/mol. The molecule has 0 amide bonds. The zero-order valence-electron chi connectivity index (χ0n) is 11.1. The molecule has 96 valence electrons. The monoisotopic (exact) mass is 245 g/mol. The Kier molecular flexibility index (Phi) is 3.87. The number of aromatic nitrogens is 2. The Morgan fingerprint density at radius 2 is 1.94 bits per heavy atom. The van der Waals surface area contributed by atoms with Crippen molar-refractivity contribution in [1.29, 1.82) is 0 Å². The maximum absolute atomic E-state index is 5.59. The summed E-state index contributed by atoms with van der Waals surface area (Å²) in [5.74, 6) is 0.897. The van der Waals surface area contributed by atoms with Crippen molar-refractivity contribution in [3.05, 3.63) is 42.2 Å². The van der Waals surface area contributed by atoms with E-state index in [4.69, 9.17) is 4.74 Å². The van der Waals surface area contributed by atoms with Gasteiger partial charge < -0.3 is 10.1 Å². The molecule has 1 N–H and O–H groups in total. The molecule has 0 saturated heterocycles. The van der Waals surface area contributed by atoms with Gasteiger partial charge in [0.15, 0.2) is 0 Å². The van der Waals surface area contributed by atoms with Crippen LogP contribution in [0.5, 0.6) is 5.75 Å². The molecule has 1 heterocycles. The summed E-state index contributed by atoms with van der Waals surface area (Å²) in [5.41, 5.74) is 2.09. The maximum Gasteiger partial charge on any atom is 0.119 e. The smallest absolute Gasteiger partial charge is 0.119 e. The second-order valence-electron chi connectivity index (χ2n) is 4.53. The predicted molar refractivity (Wildman–Crippen MR) is 72.7 cm³/mol. The Hall–Kier alpha value is -1.97. The van der Waals surface area contributed by atoms with Crippen molar-refractivity contribution >= 4 is 5.69 Å². The fraction of sp³-hybridized carbons (Fsp3) is 0.357. The van der Waals surface area contributed by atoms with E-state index in [0.717, 1.165) is 23.7 Å². The Morgan fingerprint density at radius 3 is 2.50 bits per heavy atom. The number of hydrogen-bond donors (Lipinski definition) is 1. The van der Waals surface area contributed by atoms with E-state index in [2.05, 4.69) is 10.4 Å². The first-order valence-corrected chi connectivity index (χ1v) is 6.12. The van der Waals surface area contributed by atoms with Crippen LogP contribution in [0.25, 0.3) is 0 Å². The normalized spacial score (nSPS) is 10.7. The molecule has 0 aliphatic rings. The van der Waals surface area contributed by atoms with Crippen LogP contribution in [0.1, 0.15) is 19.5 Å². The SMILES string of the molecule is CC(C)Oc1ccc(NCc2ccn(C)n2)cc1. The van der Waals surface area contributed by atoms with Crippen molar-refractivity contribution in [2.24, 2.45) is 7.05 Å². The van der Waals surface area contributed by atoms with Gasteiger partial charge in [-0.1, -0.05) is 0 Å². The van der Waals surface area contributed by atoms with Crippen LogP contribution in [0.2, 0.25) is 0 Å². The fourth-order valence-corrected chi connectivity index (χ4v) is 1.67. The number of hydrogen-bond acceptors (Lipinski definition) is 3. The topological polar surface area (TPSA) is 39.1 Å². The van der Waals surface area contributed by atoms with Crippen molar-refractivity contribution < 1.29 is 4.74 Å². The highest BCUT2D eigenvalue weighted by molar-refractivity contribution is 5.46. The van der Waals surface area contributed by atoms with Gasteiger partial charge in [-0.15, -0.1) is 0 Å². The molecule has 1 aromatic heterocycles. The first-order chi connectivity index (χ1) is 8.63. The molecule has 2 aromatic rings. The highest BCUT2D eigenvalue weighted by Gasteiger charge is 1.99. The number of anilines is 1. The van der Waals surface area contributed by atoms with E-state index in [-0.39, 0.29) is 6.10 Å². The minimum atomic E-state index is 0.206. The summed E-state index contributed by atoms with van der Waals surface area (Å²) in [5, 5.41) is 7.64. The molecular formula is C14H19N3O. The molecule has 0 fully saturated rings. The zero-order valence-corrected chi connectivity index (χ0v) is 11.1. The molecule has 0 aliphatic carbocycles. The first kappa shape index (κ1) is 12.5. The Morgan fingerprint density at radius 1 is 1.22 bits per heavy atom. The summed E-state index contributed by atoms with van der Waals surface area (Å²) in [6.07, 6.45) is 2.15. The van der Waals surface area contributed by atoms with E-state index >= 15 is 0 Å². The van der Waals surface area contributed by atoms with Crippen LogP contribution < -0.4 is 10.1 Å². The third-order valence-corrected chi connectivity index (χ3v) is 2.47. The Bertz CT molecular complexity index is 488. The zero-order chi connectivity index (χ0) is 13.0. The van der Waals surface area contributed by atoms with E-state index in [0.29, 0.717) is 0 Å². The van der Waals surface area contributed by atoms with E-state index < -0.39 is 0 Å². The molecule has 4 nitrogen and oxygen atoms in total. The average Bonchev–Trinajstić information content (AvgIpc) is 2.74. The van der Waals surface area contributed by atoms with Gasteiger partial charge in [0.2, 0.25) is 0 Å². The molecule has 18 heavy (non-hydrogen) atoms. The van der Waals surface area contributed by atoms with Crippen LogP contribution in [0.4, 0.5) is 5.69 Å². The second-order valence-corrected chi connectivity index (χ2v) is 4.53. The van der Waals surface area contributed by atoms with Gasteiger partial charge in [0, 0.05) is 18.9 Å². The Balaban J connectivity index is 1.90. The number of aryl methyl sites for hydroxylation is 1. The summed E-state index contributed by atoms with van der Waals surface area (Å²) in [6, 6.07) is 9.98. The van der Waals surface area contributed by atoms with Gasteiger partial charge in [-0.05, 0) is 44.2 Å². The van der Waals surface area contributed by atoms with Crippen LogP contribution in [0, 0.1) is 0 Å². The van der Waals surface area contributed by atoms with Crippen molar-refractivity contribution in [3.63, 3.8) is 0 Å². The summed E-state index contributed by atoms with van der Waals surface area (Å²) in [4.78, 5) is 0. The summed E-state index contributed by atoms with van der Waals surface area (Å²) >= 11 is 0. The number of benzene rings is 1. The van der Waals surface area contributed by atoms with Crippen LogP contribution in [0.3, 0.4) is 0 Å². The van der Waals surface area contributed by atoms with Gasteiger partial charge in [0.25, 0.3) is 0 Å².